The molecule has 0 amide bonds. The van der Waals surface area contributed by atoms with Gasteiger partial charge in [0.25, 0.3) is 5.89 Å². The Bertz CT molecular complexity index is 725. The fraction of sp³-hybridized carbons (Fsp3) is 0. The maximum Gasteiger partial charge on any atom is 0.258 e. The van der Waals surface area contributed by atoms with Gasteiger partial charge in [0.1, 0.15) is 5.83 Å². The first-order valence-electron chi connectivity index (χ1n) is 5.61. The topological polar surface area (TPSA) is 86.6 Å². The van der Waals surface area contributed by atoms with E-state index in [4.69, 9.17) is 15.2 Å². The summed E-state index contributed by atoms with van der Waals surface area (Å²) in [7, 11) is 0. The Hall–Kier alpha value is -3.07. The molecule has 0 radical (unpaired) electrons. The minimum atomic E-state index is -0.674. The van der Waals surface area contributed by atoms with Gasteiger partial charge in [0.05, 0.1) is 17.8 Å². The van der Waals surface area contributed by atoms with Crippen molar-refractivity contribution in [3.8, 4) is 17.5 Å². The Morgan fingerprint density at radius 2 is 2.30 bits per heavy atom. The number of allylic oxidation sites excluding steroid dienone is 3. The van der Waals surface area contributed by atoms with Crippen molar-refractivity contribution in [2.24, 2.45) is 0 Å². The fourth-order valence-corrected chi connectivity index (χ4v) is 1.42. The summed E-state index contributed by atoms with van der Waals surface area (Å²) >= 11 is 0. The van der Waals surface area contributed by atoms with E-state index in [1.807, 2.05) is 6.07 Å². The third-order valence-corrected chi connectivity index (χ3v) is 2.32. The van der Waals surface area contributed by atoms with E-state index < -0.39 is 5.83 Å². The number of halogens is 1. The molecule has 1 aromatic carbocycles. The molecule has 0 bridgehead atoms. The van der Waals surface area contributed by atoms with Crippen LogP contribution in [0.2, 0.25) is 0 Å². The smallest absolute Gasteiger partial charge is 0.258 e. The Kier molecular flexibility index (Phi) is 4.14. The van der Waals surface area contributed by atoms with Crippen LogP contribution >= 0.6 is 0 Å². The molecular formula is C14H9FN4O. The molecule has 0 unspecified atom stereocenters. The van der Waals surface area contributed by atoms with Crippen LogP contribution in [0.1, 0.15) is 11.4 Å². The van der Waals surface area contributed by atoms with Crippen LogP contribution in [0.25, 0.3) is 17.5 Å². The molecule has 1 N–H and O–H groups in total. The minimum Gasteiger partial charge on any atom is -0.334 e. The quantitative estimate of drug-likeness (QED) is 0.681. The summed E-state index contributed by atoms with van der Waals surface area (Å²) in [4.78, 5) is 4.10. The molecule has 5 nitrogen and oxygen atoms in total. The lowest BCUT2D eigenvalue weighted by Gasteiger charge is -1.93. The number of nitrogens with zero attached hydrogens (tertiary/aromatic N) is 3. The normalized spacial score (nSPS) is 11.5. The summed E-state index contributed by atoms with van der Waals surface area (Å²) in [5.74, 6) is -0.124. The molecule has 0 saturated carbocycles. The lowest BCUT2D eigenvalue weighted by Crippen LogP contribution is -1.80. The van der Waals surface area contributed by atoms with Gasteiger partial charge in [-0.25, -0.2) is 4.39 Å². The highest BCUT2D eigenvalue weighted by atomic mass is 19.1. The Labute approximate surface area is 114 Å². The average molecular weight is 268 g/mol. The van der Waals surface area contributed by atoms with E-state index in [1.165, 1.54) is 12.2 Å². The van der Waals surface area contributed by atoms with E-state index in [0.29, 0.717) is 17.3 Å². The lowest BCUT2D eigenvalue weighted by atomic mass is 10.1. The highest BCUT2D eigenvalue weighted by Crippen LogP contribution is 2.18. The first-order chi connectivity index (χ1) is 9.72. The summed E-state index contributed by atoms with van der Waals surface area (Å²) in [5, 5.41) is 19.2. The SMILES string of the molecule is N#Cc1cccc(-c2nc(/C=C/C=C(/F)C=N)no2)c1. The second-order valence-electron chi connectivity index (χ2n) is 3.71. The molecule has 0 aliphatic rings. The summed E-state index contributed by atoms with van der Waals surface area (Å²) in [6.45, 7) is 0. The zero-order valence-electron chi connectivity index (χ0n) is 10.2. The first-order valence-corrected chi connectivity index (χ1v) is 5.61. The van der Waals surface area contributed by atoms with E-state index >= 15 is 0 Å². The monoisotopic (exact) mass is 268 g/mol. The largest absolute Gasteiger partial charge is 0.334 e. The van der Waals surface area contributed by atoms with Gasteiger partial charge in [-0.2, -0.15) is 10.2 Å². The van der Waals surface area contributed by atoms with Crippen molar-refractivity contribution < 1.29 is 8.91 Å². The fourth-order valence-electron chi connectivity index (χ4n) is 1.42. The van der Waals surface area contributed by atoms with Gasteiger partial charge in [0.15, 0.2) is 5.82 Å². The Morgan fingerprint density at radius 1 is 1.45 bits per heavy atom. The van der Waals surface area contributed by atoms with Crippen molar-refractivity contribution >= 4 is 12.3 Å². The van der Waals surface area contributed by atoms with Gasteiger partial charge in [0.2, 0.25) is 0 Å². The molecule has 1 heterocycles. The predicted molar refractivity (Wildman–Crippen MR) is 71.5 cm³/mol. The van der Waals surface area contributed by atoms with Crippen LogP contribution in [0.15, 0.2) is 46.8 Å². The minimum absolute atomic E-state index is 0.274. The summed E-state index contributed by atoms with van der Waals surface area (Å²) in [5.41, 5.74) is 1.13. The highest BCUT2D eigenvalue weighted by molar-refractivity contribution is 5.73. The van der Waals surface area contributed by atoms with Crippen molar-refractivity contribution in [2.45, 2.75) is 0 Å². The van der Waals surface area contributed by atoms with Crippen LogP contribution < -0.4 is 0 Å². The van der Waals surface area contributed by atoms with Gasteiger partial charge < -0.3 is 9.93 Å². The van der Waals surface area contributed by atoms with Gasteiger partial charge in [0, 0.05) is 5.56 Å². The molecule has 1 aromatic heterocycles. The standard InChI is InChI=1S/C14H9FN4O/c15-12(9-17)5-2-6-13-18-14(20-19-13)11-4-1-3-10(7-11)8-16/h1-7,9,17H/b6-2+,12-5+,17-9?. The van der Waals surface area contributed by atoms with Gasteiger partial charge in [-0.1, -0.05) is 17.3 Å². The number of hydrogen-bond donors (Lipinski definition) is 1. The third-order valence-electron chi connectivity index (χ3n) is 2.32. The summed E-state index contributed by atoms with van der Waals surface area (Å²) < 4.78 is 17.7. The lowest BCUT2D eigenvalue weighted by molar-refractivity contribution is 0.428. The van der Waals surface area contributed by atoms with Crippen LogP contribution in [0, 0.1) is 16.7 Å². The molecule has 0 spiro atoms. The predicted octanol–water partition coefficient (Wildman–Crippen LogP) is 3.12. The molecule has 6 heteroatoms. The summed E-state index contributed by atoms with van der Waals surface area (Å²) in [6.07, 6.45) is 4.53. The summed E-state index contributed by atoms with van der Waals surface area (Å²) in [6, 6.07) is 8.79. The van der Waals surface area contributed by atoms with Crippen molar-refractivity contribution in [3.05, 3.63) is 53.6 Å². The molecule has 0 aliphatic carbocycles. The van der Waals surface area contributed by atoms with E-state index in [1.54, 1.807) is 24.3 Å². The van der Waals surface area contributed by atoms with Crippen LogP contribution in [0.4, 0.5) is 4.39 Å². The molecule has 0 saturated heterocycles. The van der Waals surface area contributed by atoms with E-state index in [2.05, 4.69) is 10.1 Å². The zero-order valence-corrected chi connectivity index (χ0v) is 10.2. The number of aromatic nitrogens is 2. The molecular weight excluding hydrogens is 259 g/mol. The molecule has 0 atom stereocenters. The van der Waals surface area contributed by atoms with E-state index in [0.717, 1.165) is 6.08 Å². The highest BCUT2D eigenvalue weighted by Gasteiger charge is 2.07. The number of hydrogen-bond acceptors (Lipinski definition) is 5. The van der Waals surface area contributed by atoms with Gasteiger partial charge >= 0.3 is 0 Å². The van der Waals surface area contributed by atoms with Gasteiger partial charge in [-0.3, -0.25) is 0 Å². The number of nitriles is 1. The van der Waals surface area contributed by atoms with Crippen molar-refractivity contribution in [1.29, 1.82) is 10.7 Å². The van der Waals surface area contributed by atoms with Crippen LogP contribution in [-0.4, -0.2) is 16.4 Å². The van der Waals surface area contributed by atoms with Gasteiger partial charge in [-0.15, -0.1) is 0 Å². The number of nitrogens with one attached hydrogen (secondary N) is 1. The second-order valence-corrected chi connectivity index (χ2v) is 3.71. The van der Waals surface area contributed by atoms with E-state index in [-0.39, 0.29) is 11.7 Å². The number of rotatable bonds is 4. The van der Waals surface area contributed by atoms with Crippen molar-refractivity contribution in [2.75, 3.05) is 0 Å². The van der Waals surface area contributed by atoms with Crippen LogP contribution in [0.3, 0.4) is 0 Å². The second kappa shape index (κ2) is 6.20. The first kappa shape index (κ1) is 13.4. The van der Waals surface area contributed by atoms with Crippen molar-refractivity contribution in [1.82, 2.24) is 10.1 Å². The van der Waals surface area contributed by atoms with Crippen molar-refractivity contribution in [3.63, 3.8) is 0 Å². The number of benzene rings is 1. The third kappa shape index (κ3) is 3.23. The molecule has 20 heavy (non-hydrogen) atoms. The molecule has 2 aromatic rings. The van der Waals surface area contributed by atoms with Gasteiger partial charge in [-0.05, 0) is 30.4 Å². The van der Waals surface area contributed by atoms with Crippen LogP contribution in [0.5, 0.6) is 0 Å². The Morgan fingerprint density at radius 3 is 3.05 bits per heavy atom. The average Bonchev–Trinajstić information content (AvgIpc) is 2.96. The molecule has 0 aliphatic heterocycles. The Balaban J connectivity index is 2.21. The van der Waals surface area contributed by atoms with E-state index in [9.17, 15) is 4.39 Å². The molecule has 98 valence electrons. The maximum atomic E-state index is 12.7. The maximum absolute atomic E-state index is 12.7. The van der Waals surface area contributed by atoms with Crippen LogP contribution in [-0.2, 0) is 0 Å². The zero-order chi connectivity index (χ0) is 14.4. The molecule has 2 rings (SSSR count). The molecule has 0 fully saturated rings.